The number of hydrogen-bond acceptors (Lipinski definition) is 2. The van der Waals surface area contributed by atoms with Crippen LogP contribution >= 0.6 is 0 Å². The number of nitrogens with one attached hydrogen (secondary N) is 1. The molecule has 0 radical (unpaired) electrons. The fourth-order valence-electron chi connectivity index (χ4n) is 3.04. The predicted molar refractivity (Wildman–Crippen MR) is 90.9 cm³/mol. The molecule has 0 saturated carbocycles. The Balaban J connectivity index is 1.64. The summed E-state index contributed by atoms with van der Waals surface area (Å²) < 4.78 is 11.7. The molecule has 0 aliphatic carbocycles. The standard InChI is InChI=1S/C19H31NO2/c1-19(2,3)17-9-5-6-10-18(17)22-16-15-21-14-13-20-11-7-4-8-12-20/h5-6,9-10H,4,7-8,11-16H2,1-3H3/p+1. The molecule has 124 valence electrons. The summed E-state index contributed by atoms with van der Waals surface area (Å²) >= 11 is 0. The van der Waals surface area contributed by atoms with Crippen LogP contribution in [-0.4, -0.2) is 39.5 Å². The average Bonchev–Trinajstić information content (AvgIpc) is 2.51. The van der Waals surface area contributed by atoms with Gasteiger partial charge in [-0.3, -0.25) is 0 Å². The lowest BCUT2D eigenvalue weighted by atomic mass is 9.86. The zero-order valence-electron chi connectivity index (χ0n) is 14.5. The fraction of sp³-hybridized carbons (Fsp3) is 0.684. The molecule has 0 amide bonds. The summed E-state index contributed by atoms with van der Waals surface area (Å²) in [4.78, 5) is 1.70. The number of hydrogen-bond donors (Lipinski definition) is 1. The van der Waals surface area contributed by atoms with Gasteiger partial charge in [-0.2, -0.15) is 0 Å². The van der Waals surface area contributed by atoms with Crippen molar-refractivity contribution in [2.45, 2.75) is 45.4 Å². The molecule has 0 bridgehead atoms. The Hall–Kier alpha value is -1.06. The van der Waals surface area contributed by atoms with Crippen LogP contribution in [0.15, 0.2) is 24.3 Å². The first-order valence-electron chi connectivity index (χ1n) is 8.71. The number of ether oxygens (including phenoxy) is 2. The monoisotopic (exact) mass is 306 g/mol. The van der Waals surface area contributed by atoms with Crippen molar-refractivity contribution in [1.82, 2.24) is 0 Å². The Bertz CT molecular complexity index is 433. The Morgan fingerprint density at radius 3 is 2.41 bits per heavy atom. The van der Waals surface area contributed by atoms with Crippen LogP contribution in [0.25, 0.3) is 0 Å². The van der Waals surface area contributed by atoms with E-state index in [2.05, 4.69) is 39.0 Å². The van der Waals surface area contributed by atoms with Gasteiger partial charge in [0.1, 0.15) is 18.9 Å². The molecule has 2 rings (SSSR count). The number of quaternary nitrogens is 1. The van der Waals surface area contributed by atoms with Crippen LogP contribution in [0.4, 0.5) is 0 Å². The van der Waals surface area contributed by atoms with E-state index in [0.717, 1.165) is 18.9 Å². The van der Waals surface area contributed by atoms with E-state index in [1.54, 1.807) is 4.90 Å². The highest BCUT2D eigenvalue weighted by Gasteiger charge is 2.18. The molecule has 3 nitrogen and oxygen atoms in total. The highest BCUT2D eigenvalue weighted by atomic mass is 16.5. The second-order valence-electron chi connectivity index (χ2n) is 7.27. The first-order chi connectivity index (χ1) is 10.6. The lowest BCUT2D eigenvalue weighted by molar-refractivity contribution is -0.905. The van der Waals surface area contributed by atoms with E-state index in [1.807, 2.05) is 6.07 Å². The van der Waals surface area contributed by atoms with E-state index in [0.29, 0.717) is 13.2 Å². The Morgan fingerprint density at radius 1 is 0.955 bits per heavy atom. The zero-order chi connectivity index (χ0) is 15.8. The van der Waals surface area contributed by atoms with E-state index in [4.69, 9.17) is 9.47 Å². The summed E-state index contributed by atoms with van der Waals surface area (Å²) in [5.41, 5.74) is 1.36. The highest BCUT2D eigenvalue weighted by molar-refractivity contribution is 5.38. The fourth-order valence-corrected chi connectivity index (χ4v) is 3.04. The minimum atomic E-state index is 0.106. The Labute approximate surface area is 135 Å². The molecule has 22 heavy (non-hydrogen) atoms. The SMILES string of the molecule is CC(C)(C)c1ccccc1OCCOCC[NH+]1CCCCC1. The molecule has 1 heterocycles. The van der Waals surface area contributed by atoms with Gasteiger partial charge >= 0.3 is 0 Å². The van der Waals surface area contributed by atoms with E-state index in [-0.39, 0.29) is 5.41 Å². The van der Waals surface area contributed by atoms with Gasteiger partial charge in [0.2, 0.25) is 0 Å². The molecule has 1 aliphatic rings. The average molecular weight is 306 g/mol. The third-order valence-corrected chi connectivity index (χ3v) is 4.34. The maximum atomic E-state index is 5.92. The van der Waals surface area contributed by atoms with Crippen molar-refractivity contribution >= 4 is 0 Å². The highest BCUT2D eigenvalue weighted by Crippen LogP contribution is 2.30. The summed E-state index contributed by atoms with van der Waals surface area (Å²) in [6.45, 7) is 12.6. The van der Waals surface area contributed by atoms with E-state index in [9.17, 15) is 0 Å². The summed E-state index contributed by atoms with van der Waals surface area (Å²) in [6.07, 6.45) is 4.16. The Morgan fingerprint density at radius 2 is 1.68 bits per heavy atom. The predicted octanol–water partition coefficient (Wildman–Crippen LogP) is 2.45. The molecule has 1 aliphatic heterocycles. The van der Waals surface area contributed by atoms with Crippen LogP contribution < -0.4 is 9.64 Å². The van der Waals surface area contributed by atoms with Crippen molar-refractivity contribution in [3.8, 4) is 5.75 Å². The van der Waals surface area contributed by atoms with Gasteiger partial charge in [-0.05, 0) is 36.3 Å². The topological polar surface area (TPSA) is 22.9 Å². The second kappa shape index (κ2) is 8.54. The van der Waals surface area contributed by atoms with Gasteiger partial charge in [0, 0.05) is 0 Å². The van der Waals surface area contributed by atoms with Crippen LogP contribution in [0.5, 0.6) is 5.75 Å². The quantitative estimate of drug-likeness (QED) is 0.782. The summed E-state index contributed by atoms with van der Waals surface area (Å²) in [6, 6.07) is 8.31. The van der Waals surface area contributed by atoms with E-state index < -0.39 is 0 Å². The van der Waals surface area contributed by atoms with Gasteiger partial charge < -0.3 is 14.4 Å². The van der Waals surface area contributed by atoms with E-state index >= 15 is 0 Å². The zero-order valence-corrected chi connectivity index (χ0v) is 14.5. The first kappa shape index (κ1) is 17.3. The molecule has 1 N–H and O–H groups in total. The molecule has 0 aromatic heterocycles. The van der Waals surface area contributed by atoms with Crippen molar-refractivity contribution in [3.63, 3.8) is 0 Å². The number of benzene rings is 1. The van der Waals surface area contributed by atoms with Gasteiger partial charge in [0.15, 0.2) is 0 Å². The normalized spacial score (nSPS) is 16.7. The maximum Gasteiger partial charge on any atom is 0.123 e. The van der Waals surface area contributed by atoms with E-state index in [1.165, 1.54) is 37.9 Å². The van der Waals surface area contributed by atoms with Crippen molar-refractivity contribution in [2.24, 2.45) is 0 Å². The second-order valence-corrected chi connectivity index (χ2v) is 7.27. The molecule has 0 atom stereocenters. The van der Waals surface area contributed by atoms with Gasteiger partial charge in [-0.25, -0.2) is 0 Å². The van der Waals surface area contributed by atoms with Crippen LogP contribution in [0.2, 0.25) is 0 Å². The summed E-state index contributed by atoms with van der Waals surface area (Å²) in [7, 11) is 0. The van der Waals surface area contributed by atoms with Crippen molar-refractivity contribution < 1.29 is 14.4 Å². The third kappa shape index (κ3) is 5.62. The number of likely N-dealkylation sites (tertiary alicyclic amines) is 1. The lowest BCUT2D eigenvalue weighted by Gasteiger charge is -2.23. The Kier molecular flexibility index (Phi) is 6.71. The maximum absolute atomic E-state index is 5.92. The summed E-state index contributed by atoms with van der Waals surface area (Å²) in [5.74, 6) is 0.986. The van der Waals surface area contributed by atoms with Crippen LogP contribution in [-0.2, 0) is 10.2 Å². The number of para-hydroxylation sites is 1. The minimum Gasteiger partial charge on any atom is -0.491 e. The van der Waals surface area contributed by atoms with Crippen molar-refractivity contribution in [2.75, 3.05) is 39.5 Å². The molecule has 1 aromatic carbocycles. The van der Waals surface area contributed by atoms with Gasteiger partial charge in [0.25, 0.3) is 0 Å². The molecule has 0 unspecified atom stereocenters. The van der Waals surface area contributed by atoms with Crippen molar-refractivity contribution in [1.29, 1.82) is 0 Å². The van der Waals surface area contributed by atoms with Crippen LogP contribution in [0.1, 0.15) is 45.6 Å². The molecule has 0 spiro atoms. The number of rotatable bonds is 7. The molecular weight excluding hydrogens is 274 g/mol. The van der Waals surface area contributed by atoms with Crippen LogP contribution in [0, 0.1) is 0 Å². The third-order valence-electron chi connectivity index (χ3n) is 4.34. The van der Waals surface area contributed by atoms with Crippen LogP contribution in [0.3, 0.4) is 0 Å². The summed E-state index contributed by atoms with van der Waals surface area (Å²) in [5, 5.41) is 0. The molecule has 1 fully saturated rings. The molecule has 1 aromatic rings. The molecule has 1 saturated heterocycles. The van der Waals surface area contributed by atoms with Gasteiger partial charge in [-0.15, -0.1) is 0 Å². The molecule has 3 heteroatoms. The van der Waals surface area contributed by atoms with Crippen molar-refractivity contribution in [3.05, 3.63) is 29.8 Å². The van der Waals surface area contributed by atoms with Gasteiger partial charge in [0.05, 0.1) is 26.3 Å². The smallest absolute Gasteiger partial charge is 0.123 e. The lowest BCUT2D eigenvalue weighted by Crippen LogP contribution is -3.13. The van der Waals surface area contributed by atoms with Gasteiger partial charge in [-0.1, -0.05) is 39.0 Å². The largest absolute Gasteiger partial charge is 0.491 e. The molecular formula is C19H32NO2+. The minimum absolute atomic E-state index is 0.106. The number of piperidine rings is 1. The first-order valence-corrected chi connectivity index (χ1v) is 8.71.